The molecule has 0 unspecified atom stereocenters. The number of nitrogens with two attached hydrogens (primary N) is 1. The minimum atomic E-state index is -0.586. The Morgan fingerprint density at radius 2 is 1.64 bits per heavy atom. The third-order valence-electron chi connectivity index (χ3n) is 5.28. The number of ether oxygens (including phenoxy) is 3. The Labute approximate surface area is 211 Å². The molecule has 0 atom stereocenters. The SMILES string of the molecule is COc1cc(/C=N/NC(=O)c2ccc(COc3ccc(C(C)(C)C)cc3)cc2)ccc1OCC(N)=O. The highest BCUT2D eigenvalue weighted by atomic mass is 16.5. The van der Waals surface area contributed by atoms with E-state index in [2.05, 4.69) is 43.4 Å². The average Bonchev–Trinajstić information content (AvgIpc) is 2.86. The Morgan fingerprint density at radius 3 is 2.25 bits per heavy atom. The molecule has 8 heteroatoms. The first-order valence-electron chi connectivity index (χ1n) is 11.4. The lowest BCUT2D eigenvalue weighted by molar-refractivity contribution is -0.119. The van der Waals surface area contributed by atoms with E-state index in [1.807, 2.05) is 24.3 Å². The molecule has 0 saturated carbocycles. The molecule has 0 radical (unpaired) electrons. The largest absolute Gasteiger partial charge is 0.493 e. The number of primary amides is 1. The van der Waals surface area contributed by atoms with Crippen molar-refractivity contribution < 1.29 is 23.8 Å². The van der Waals surface area contributed by atoms with Gasteiger partial charge in [0, 0.05) is 5.56 Å². The van der Waals surface area contributed by atoms with Crippen LogP contribution in [0.3, 0.4) is 0 Å². The number of carbonyl (C=O) groups is 2. The van der Waals surface area contributed by atoms with Gasteiger partial charge in [0.15, 0.2) is 18.1 Å². The van der Waals surface area contributed by atoms with E-state index < -0.39 is 5.91 Å². The quantitative estimate of drug-likeness (QED) is 0.327. The van der Waals surface area contributed by atoms with Crippen molar-refractivity contribution in [2.75, 3.05) is 13.7 Å². The third-order valence-corrected chi connectivity index (χ3v) is 5.28. The van der Waals surface area contributed by atoms with Gasteiger partial charge in [-0.2, -0.15) is 5.10 Å². The van der Waals surface area contributed by atoms with Gasteiger partial charge < -0.3 is 19.9 Å². The lowest BCUT2D eigenvalue weighted by Crippen LogP contribution is -2.20. The summed E-state index contributed by atoms with van der Waals surface area (Å²) in [6.07, 6.45) is 1.48. The number of benzene rings is 3. The van der Waals surface area contributed by atoms with Crippen LogP contribution < -0.4 is 25.4 Å². The molecule has 0 bridgehead atoms. The van der Waals surface area contributed by atoms with Crippen LogP contribution in [-0.2, 0) is 16.8 Å². The summed E-state index contributed by atoms with van der Waals surface area (Å²) in [6, 6.07) is 20.2. The number of methoxy groups -OCH3 is 1. The number of rotatable bonds is 10. The summed E-state index contributed by atoms with van der Waals surface area (Å²) < 4.78 is 16.4. The van der Waals surface area contributed by atoms with Gasteiger partial charge in [-0.15, -0.1) is 0 Å². The predicted molar refractivity (Wildman–Crippen MR) is 139 cm³/mol. The minimum Gasteiger partial charge on any atom is -0.493 e. The maximum Gasteiger partial charge on any atom is 0.271 e. The Balaban J connectivity index is 1.52. The zero-order chi connectivity index (χ0) is 26.1. The Bertz CT molecular complexity index is 1210. The van der Waals surface area contributed by atoms with Crippen LogP contribution in [0.15, 0.2) is 71.8 Å². The third kappa shape index (κ3) is 7.59. The fraction of sp³-hybridized carbons (Fsp3) is 0.250. The molecule has 3 rings (SSSR count). The van der Waals surface area contributed by atoms with Crippen molar-refractivity contribution in [3.63, 3.8) is 0 Å². The molecule has 0 aliphatic heterocycles. The van der Waals surface area contributed by atoms with Gasteiger partial charge in [-0.1, -0.05) is 45.0 Å². The highest BCUT2D eigenvalue weighted by Gasteiger charge is 2.13. The van der Waals surface area contributed by atoms with E-state index in [4.69, 9.17) is 19.9 Å². The van der Waals surface area contributed by atoms with Gasteiger partial charge >= 0.3 is 0 Å². The first-order valence-corrected chi connectivity index (χ1v) is 11.4. The standard InChI is InChI=1S/C28H31N3O5/c1-28(2,3)22-10-12-23(13-11-22)35-17-19-5-8-21(9-6-19)27(33)31-30-16-20-7-14-24(25(15-20)34-4)36-18-26(29)32/h5-16H,17-18H2,1-4H3,(H2,29,32)(H,31,33)/b30-16+. The van der Waals surface area contributed by atoms with E-state index in [0.29, 0.717) is 29.2 Å². The maximum atomic E-state index is 12.4. The highest BCUT2D eigenvalue weighted by molar-refractivity contribution is 5.95. The lowest BCUT2D eigenvalue weighted by atomic mass is 9.87. The molecule has 0 aromatic heterocycles. The Kier molecular flexibility index (Phi) is 8.67. The van der Waals surface area contributed by atoms with Crippen LogP contribution in [0.2, 0.25) is 0 Å². The number of carbonyl (C=O) groups excluding carboxylic acids is 2. The molecule has 0 fully saturated rings. The van der Waals surface area contributed by atoms with E-state index in [-0.39, 0.29) is 17.9 Å². The topological polar surface area (TPSA) is 112 Å². The Morgan fingerprint density at radius 1 is 0.944 bits per heavy atom. The average molecular weight is 490 g/mol. The maximum absolute atomic E-state index is 12.4. The summed E-state index contributed by atoms with van der Waals surface area (Å²) in [6.45, 7) is 6.66. The molecule has 3 N–H and O–H groups in total. The molecule has 0 aliphatic rings. The molecule has 3 aromatic rings. The van der Waals surface area contributed by atoms with Crippen LogP contribution in [-0.4, -0.2) is 31.7 Å². The van der Waals surface area contributed by atoms with Gasteiger partial charge in [0.05, 0.1) is 13.3 Å². The van der Waals surface area contributed by atoms with Gasteiger partial charge in [-0.25, -0.2) is 5.43 Å². The second kappa shape index (κ2) is 11.9. The zero-order valence-electron chi connectivity index (χ0n) is 20.9. The van der Waals surface area contributed by atoms with Gasteiger partial charge in [-0.05, 0) is 64.6 Å². The van der Waals surface area contributed by atoms with Crippen LogP contribution in [0, 0.1) is 0 Å². The van der Waals surface area contributed by atoms with Crippen LogP contribution in [0.25, 0.3) is 0 Å². The molecule has 2 amide bonds. The molecule has 8 nitrogen and oxygen atoms in total. The molecule has 0 saturated heterocycles. The van der Waals surface area contributed by atoms with Crippen molar-refractivity contribution in [3.8, 4) is 17.2 Å². The number of amides is 2. The first-order chi connectivity index (χ1) is 17.2. The van der Waals surface area contributed by atoms with E-state index in [9.17, 15) is 9.59 Å². The van der Waals surface area contributed by atoms with Crippen molar-refractivity contribution >= 4 is 18.0 Å². The van der Waals surface area contributed by atoms with Crippen molar-refractivity contribution in [1.82, 2.24) is 5.43 Å². The van der Waals surface area contributed by atoms with Crippen LogP contribution >= 0.6 is 0 Å². The monoisotopic (exact) mass is 489 g/mol. The van der Waals surface area contributed by atoms with Crippen LogP contribution in [0.4, 0.5) is 0 Å². The highest BCUT2D eigenvalue weighted by Crippen LogP contribution is 2.27. The van der Waals surface area contributed by atoms with E-state index in [0.717, 1.165) is 11.3 Å². The van der Waals surface area contributed by atoms with Gasteiger partial charge in [0.2, 0.25) is 0 Å². The Hall–Kier alpha value is -4.33. The first kappa shape index (κ1) is 26.3. The van der Waals surface area contributed by atoms with Crippen molar-refractivity contribution in [1.29, 1.82) is 0 Å². The lowest BCUT2D eigenvalue weighted by Gasteiger charge is -2.19. The van der Waals surface area contributed by atoms with Crippen LogP contribution in [0.1, 0.15) is 47.8 Å². The van der Waals surface area contributed by atoms with Crippen LogP contribution in [0.5, 0.6) is 17.2 Å². The van der Waals surface area contributed by atoms with Gasteiger partial charge in [-0.3, -0.25) is 9.59 Å². The predicted octanol–water partition coefficient (Wildman–Crippen LogP) is 4.20. The number of hydrazone groups is 1. The molecule has 0 spiro atoms. The summed E-state index contributed by atoms with van der Waals surface area (Å²) in [4.78, 5) is 23.3. The van der Waals surface area contributed by atoms with E-state index in [1.54, 1.807) is 30.3 Å². The number of hydrogen-bond acceptors (Lipinski definition) is 6. The molecule has 0 aliphatic carbocycles. The molecule has 36 heavy (non-hydrogen) atoms. The van der Waals surface area contributed by atoms with Gasteiger partial charge in [0.1, 0.15) is 12.4 Å². The second-order valence-electron chi connectivity index (χ2n) is 9.12. The minimum absolute atomic E-state index is 0.0958. The summed E-state index contributed by atoms with van der Waals surface area (Å²) in [5.41, 5.74) is 11.0. The summed E-state index contributed by atoms with van der Waals surface area (Å²) in [5, 5.41) is 4.00. The van der Waals surface area contributed by atoms with E-state index in [1.165, 1.54) is 18.9 Å². The number of nitrogens with one attached hydrogen (secondary N) is 1. The summed E-state index contributed by atoms with van der Waals surface area (Å²) in [7, 11) is 1.48. The molecular weight excluding hydrogens is 458 g/mol. The summed E-state index contributed by atoms with van der Waals surface area (Å²) in [5.74, 6) is 0.655. The fourth-order valence-electron chi connectivity index (χ4n) is 3.23. The smallest absolute Gasteiger partial charge is 0.271 e. The van der Waals surface area contributed by atoms with E-state index >= 15 is 0 Å². The second-order valence-corrected chi connectivity index (χ2v) is 9.12. The van der Waals surface area contributed by atoms with Crippen molar-refractivity contribution in [3.05, 3.63) is 89.0 Å². The zero-order valence-corrected chi connectivity index (χ0v) is 20.9. The fourth-order valence-corrected chi connectivity index (χ4v) is 3.23. The molecular formula is C28H31N3O5. The van der Waals surface area contributed by atoms with Crippen molar-refractivity contribution in [2.24, 2.45) is 10.8 Å². The van der Waals surface area contributed by atoms with Crippen molar-refractivity contribution in [2.45, 2.75) is 32.8 Å². The molecule has 3 aromatic carbocycles. The molecule has 188 valence electrons. The normalized spacial score (nSPS) is 11.2. The number of nitrogens with zero attached hydrogens (tertiary/aromatic N) is 1. The summed E-state index contributed by atoms with van der Waals surface area (Å²) >= 11 is 0. The number of hydrogen-bond donors (Lipinski definition) is 2. The van der Waals surface area contributed by atoms with Gasteiger partial charge in [0.25, 0.3) is 11.8 Å². The molecule has 0 heterocycles.